The van der Waals surface area contributed by atoms with Gasteiger partial charge < -0.3 is 14.2 Å². The number of imidazole rings is 1. The van der Waals surface area contributed by atoms with Crippen molar-refractivity contribution in [1.29, 1.82) is 0 Å². The molecule has 0 atom stereocenters. The van der Waals surface area contributed by atoms with Crippen LogP contribution in [0.4, 0.5) is 0 Å². The Hall–Kier alpha value is -2.47. The summed E-state index contributed by atoms with van der Waals surface area (Å²) in [5, 5.41) is 4.57. The van der Waals surface area contributed by atoms with E-state index in [9.17, 15) is 0 Å². The quantitative estimate of drug-likeness (QED) is 0.739. The number of halogens is 1. The number of fused-ring (bicyclic) bond motifs is 1. The van der Waals surface area contributed by atoms with Crippen LogP contribution >= 0.6 is 11.6 Å². The Bertz CT molecular complexity index is 832. The Morgan fingerprint density at radius 3 is 2.41 bits per heavy atom. The topological polar surface area (TPSA) is 57.9 Å². The minimum atomic E-state index is 0.363. The minimum Gasteiger partial charge on any atom is -0.493 e. The van der Waals surface area contributed by atoms with Gasteiger partial charge in [-0.05, 0) is 30.3 Å². The predicted octanol–water partition coefficient (Wildman–Crippen LogP) is 3.08. The number of aromatic nitrogens is 3. The molecule has 2 aromatic heterocycles. The maximum atomic E-state index is 5.94. The van der Waals surface area contributed by atoms with Gasteiger partial charge in [-0.15, -0.1) is 0 Å². The summed E-state index contributed by atoms with van der Waals surface area (Å²) in [7, 11) is 4.75. The average Bonchev–Trinajstić information content (AvgIpc) is 2.91. The van der Waals surface area contributed by atoms with Crippen LogP contribution in [-0.4, -0.2) is 35.9 Å². The zero-order valence-electron chi connectivity index (χ0n) is 12.3. The monoisotopic (exact) mass is 319 g/mol. The van der Waals surface area contributed by atoms with E-state index in [-0.39, 0.29) is 0 Å². The first kappa shape index (κ1) is 14.5. The number of benzene rings is 1. The summed E-state index contributed by atoms with van der Waals surface area (Å²) in [6.45, 7) is 0. The van der Waals surface area contributed by atoms with Crippen molar-refractivity contribution in [3.05, 3.63) is 35.5 Å². The molecule has 3 rings (SSSR count). The highest BCUT2D eigenvalue weighted by molar-refractivity contribution is 6.29. The molecule has 2 heterocycles. The molecule has 114 valence electrons. The summed E-state index contributed by atoms with van der Waals surface area (Å²) < 4.78 is 17.6. The zero-order chi connectivity index (χ0) is 15.7. The lowest BCUT2D eigenvalue weighted by atomic mass is 10.1. The highest BCUT2D eigenvalue weighted by Gasteiger charge is 2.17. The summed E-state index contributed by atoms with van der Waals surface area (Å²) in [6, 6.07) is 9.00. The van der Waals surface area contributed by atoms with Crippen LogP contribution in [0.1, 0.15) is 0 Å². The summed E-state index contributed by atoms with van der Waals surface area (Å²) in [4.78, 5) is 4.55. The van der Waals surface area contributed by atoms with E-state index in [1.807, 2.05) is 18.2 Å². The fraction of sp³-hybridized carbons (Fsp3) is 0.200. The maximum absolute atomic E-state index is 5.94. The molecule has 0 spiro atoms. The third-order valence-corrected chi connectivity index (χ3v) is 3.46. The SMILES string of the molecule is COc1ccc(-c2nc3ccc(Cl)nn3c2OC)cc1OC. The third-order valence-electron chi connectivity index (χ3n) is 3.25. The lowest BCUT2D eigenvalue weighted by Gasteiger charge is -2.09. The second-order valence-electron chi connectivity index (χ2n) is 4.47. The lowest BCUT2D eigenvalue weighted by molar-refractivity contribution is 0.355. The van der Waals surface area contributed by atoms with E-state index in [1.54, 1.807) is 38.0 Å². The van der Waals surface area contributed by atoms with Crippen LogP contribution in [0.15, 0.2) is 30.3 Å². The molecule has 1 aromatic carbocycles. The van der Waals surface area contributed by atoms with Crippen LogP contribution < -0.4 is 14.2 Å². The molecule has 6 nitrogen and oxygen atoms in total. The van der Waals surface area contributed by atoms with Gasteiger partial charge in [0, 0.05) is 5.56 Å². The Morgan fingerprint density at radius 1 is 0.955 bits per heavy atom. The van der Waals surface area contributed by atoms with Crippen molar-refractivity contribution in [3.63, 3.8) is 0 Å². The first-order valence-corrected chi connectivity index (χ1v) is 6.87. The Labute approximate surface area is 132 Å². The first-order chi connectivity index (χ1) is 10.7. The van der Waals surface area contributed by atoms with Gasteiger partial charge in [-0.2, -0.15) is 9.61 Å². The summed E-state index contributed by atoms with van der Waals surface area (Å²) in [5.41, 5.74) is 2.13. The van der Waals surface area contributed by atoms with E-state index in [1.165, 1.54) is 0 Å². The molecule has 0 unspecified atom stereocenters. The molecule has 0 saturated heterocycles. The molecule has 0 aliphatic heterocycles. The van der Waals surface area contributed by atoms with Crippen LogP contribution in [0, 0.1) is 0 Å². The van der Waals surface area contributed by atoms with Crippen LogP contribution in [0.5, 0.6) is 17.4 Å². The van der Waals surface area contributed by atoms with E-state index in [0.29, 0.717) is 33.9 Å². The molecule has 7 heteroatoms. The summed E-state index contributed by atoms with van der Waals surface area (Å²) >= 11 is 5.94. The van der Waals surface area contributed by atoms with E-state index in [2.05, 4.69) is 10.1 Å². The van der Waals surface area contributed by atoms with Gasteiger partial charge in [-0.25, -0.2) is 4.98 Å². The molecule has 0 fully saturated rings. The number of nitrogens with zero attached hydrogens (tertiary/aromatic N) is 3. The van der Waals surface area contributed by atoms with E-state index in [4.69, 9.17) is 25.8 Å². The molecule has 0 amide bonds. The van der Waals surface area contributed by atoms with Gasteiger partial charge in [0.1, 0.15) is 10.8 Å². The molecular weight excluding hydrogens is 306 g/mol. The Balaban J connectivity index is 2.21. The van der Waals surface area contributed by atoms with E-state index >= 15 is 0 Å². The third kappa shape index (κ3) is 2.31. The van der Waals surface area contributed by atoms with Crippen LogP contribution in [0.2, 0.25) is 5.15 Å². The van der Waals surface area contributed by atoms with Crippen molar-refractivity contribution >= 4 is 17.2 Å². The number of hydrogen-bond donors (Lipinski definition) is 0. The van der Waals surface area contributed by atoms with Crippen LogP contribution in [-0.2, 0) is 0 Å². The Morgan fingerprint density at radius 2 is 1.73 bits per heavy atom. The molecule has 0 bridgehead atoms. The summed E-state index contributed by atoms with van der Waals surface area (Å²) in [5.74, 6) is 1.77. The number of hydrogen-bond acceptors (Lipinski definition) is 5. The largest absolute Gasteiger partial charge is 0.493 e. The maximum Gasteiger partial charge on any atom is 0.243 e. The van der Waals surface area contributed by atoms with E-state index in [0.717, 1.165) is 5.56 Å². The van der Waals surface area contributed by atoms with Gasteiger partial charge >= 0.3 is 0 Å². The van der Waals surface area contributed by atoms with Crippen molar-refractivity contribution in [2.24, 2.45) is 0 Å². The molecular formula is C15H14ClN3O3. The van der Waals surface area contributed by atoms with Gasteiger partial charge in [-0.3, -0.25) is 0 Å². The highest BCUT2D eigenvalue weighted by Crippen LogP contribution is 2.36. The van der Waals surface area contributed by atoms with Crippen molar-refractivity contribution in [2.75, 3.05) is 21.3 Å². The molecule has 0 N–H and O–H groups in total. The fourth-order valence-corrected chi connectivity index (χ4v) is 2.38. The minimum absolute atomic E-state index is 0.363. The molecule has 3 aromatic rings. The molecule has 0 aliphatic carbocycles. The number of rotatable bonds is 4. The standard InChI is InChI=1S/C15H14ClN3O3/c1-20-10-5-4-9(8-11(10)21-2)14-15(22-3)19-13(17-14)7-6-12(16)18-19/h4-8H,1-3H3. The summed E-state index contributed by atoms with van der Waals surface area (Å²) in [6.07, 6.45) is 0. The number of methoxy groups -OCH3 is 3. The van der Waals surface area contributed by atoms with Gasteiger partial charge in [-0.1, -0.05) is 11.6 Å². The van der Waals surface area contributed by atoms with Crippen molar-refractivity contribution in [1.82, 2.24) is 14.6 Å². The second-order valence-corrected chi connectivity index (χ2v) is 4.85. The highest BCUT2D eigenvalue weighted by atomic mass is 35.5. The lowest BCUT2D eigenvalue weighted by Crippen LogP contribution is -1.96. The van der Waals surface area contributed by atoms with Crippen molar-refractivity contribution in [2.45, 2.75) is 0 Å². The molecule has 0 radical (unpaired) electrons. The fourth-order valence-electron chi connectivity index (χ4n) is 2.25. The smallest absolute Gasteiger partial charge is 0.243 e. The predicted molar refractivity (Wildman–Crippen MR) is 83.1 cm³/mol. The Kier molecular flexibility index (Phi) is 3.77. The normalized spacial score (nSPS) is 10.7. The van der Waals surface area contributed by atoms with Gasteiger partial charge in [0.15, 0.2) is 17.1 Å². The first-order valence-electron chi connectivity index (χ1n) is 6.49. The zero-order valence-corrected chi connectivity index (χ0v) is 13.1. The number of ether oxygens (including phenoxy) is 3. The molecule has 22 heavy (non-hydrogen) atoms. The van der Waals surface area contributed by atoms with Crippen molar-refractivity contribution in [3.8, 4) is 28.6 Å². The molecule has 0 saturated carbocycles. The average molecular weight is 320 g/mol. The van der Waals surface area contributed by atoms with Gasteiger partial charge in [0.05, 0.1) is 21.3 Å². The van der Waals surface area contributed by atoms with Crippen LogP contribution in [0.25, 0.3) is 16.9 Å². The van der Waals surface area contributed by atoms with E-state index < -0.39 is 0 Å². The van der Waals surface area contributed by atoms with Gasteiger partial charge in [0.25, 0.3) is 0 Å². The second kappa shape index (κ2) is 5.73. The van der Waals surface area contributed by atoms with Gasteiger partial charge in [0.2, 0.25) is 5.88 Å². The molecule has 0 aliphatic rings. The van der Waals surface area contributed by atoms with Crippen LogP contribution in [0.3, 0.4) is 0 Å². The van der Waals surface area contributed by atoms with Crippen molar-refractivity contribution < 1.29 is 14.2 Å².